The number of carbonyl (C=O) groups excluding carboxylic acids is 1. The van der Waals surface area contributed by atoms with Crippen molar-refractivity contribution in [2.75, 3.05) is 13.1 Å². The topological polar surface area (TPSA) is 41.6 Å². The Kier molecular flexibility index (Phi) is 6.60. The molecule has 0 saturated carbocycles. The van der Waals surface area contributed by atoms with Crippen molar-refractivity contribution in [1.29, 1.82) is 0 Å². The highest BCUT2D eigenvalue weighted by Crippen LogP contribution is 2.32. The summed E-state index contributed by atoms with van der Waals surface area (Å²) in [7, 11) is 0. The fourth-order valence-corrected chi connectivity index (χ4v) is 3.19. The van der Waals surface area contributed by atoms with E-state index in [0.717, 1.165) is 18.9 Å². The van der Waals surface area contributed by atoms with E-state index in [9.17, 15) is 18.0 Å². The van der Waals surface area contributed by atoms with Crippen molar-refractivity contribution in [2.24, 2.45) is 0 Å². The number of amides is 1. The minimum Gasteiger partial charge on any atom is -0.444 e. The number of likely N-dealkylation sites (tertiary alicyclic amines) is 1. The van der Waals surface area contributed by atoms with Crippen LogP contribution in [0.15, 0.2) is 22.7 Å². The molecule has 0 aliphatic carbocycles. The molecule has 0 spiro atoms. The first-order valence-corrected chi connectivity index (χ1v) is 9.31. The van der Waals surface area contributed by atoms with Gasteiger partial charge in [0.25, 0.3) is 0 Å². The lowest BCUT2D eigenvalue weighted by Crippen LogP contribution is -2.45. The minimum atomic E-state index is -4.35. The summed E-state index contributed by atoms with van der Waals surface area (Å²) >= 11 is 3.33. The third-order valence-electron chi connectivity index (χ3n) is 4.08. The highest BCUT2D eigenvalue weighted by molar-refractivity contribution is 9.10. The number of hydrogen-bond acceptors (Lipinski definition) is 3. The van der Waals surface area contributed by atoms with Crippen LogP contribution in [-0.2, 0) is 17.5 Å². The van der Waals surface area contributed by atoms with E-state index >= 15 is 0 Å². The number of hydrogen-bond donors (Lipinski definition) is 1. The molecule has 1 fully saturated rings. The number of benzene rings is 1. The zero-order valence-electron chi connectivity index (χ0n) is 15.1. The first-order chi connectivity index (χ1) is 11.9. The number of nitrogens with zero attached hydrogens (tertiary/aromatic N) is 1. The summed E-state index contributed by atoms with van der Waals surface area (Å²) < 4.78 is 44.6. The summed E-state index contributed by atoms with van der Waals surface area (Å²) in [6, 6.07) is 3.72. The number of nitrogens with one attached hydrogen (secondary N) is 1. The fraction of sp³-hybridized carbons (Fsp3) is 0.611. The molecule has 1 aliphatic heterocycles. The SMILES string of the molecule is CC(C)(C)OC(=O)NC1CCN(Cc2cc(C(F)(F)F)ccc2Br)CC1. The van der Waals surface area contributed by atoms with Crippen LogP contribution in [0.5, 0.6) is 0 Å². The number of alkyl carbamates (subject to hydrolysis) is 1. The van der Waals surface area contributed by atoms with Gasteiger partial charge in [-0.3, -0.25) is 4.90 Å². The van der Waals surface area contributed by atoms with E-state index in [1.54, 1.807) is 0 Å². The predicted octanol–water partition coefficient (Wildman–Crippen LogP) is 4.96. The molecule has 2 rings (SSSR count). The lowest BCUT2D eigenvalue weighted by atomic mass is 10.0. The molecular weight excluding hydrogens is 413 g/mol. The molecule has 0 bridgehead atoms. The Hall–Kier alpha value is -1.28. The van der Waals surface area contributed by atoms with Crippen LogP contribution >= 0.6 is 15.9 Å². The van der Waals surface area contributed by atoms with Crippen LogP contribution in [0.25, 0.3) is 0 Å². The summed E-state index contributed by atoms with van der Waals surface area (Å²) in [6.45, 7) is 7.25. The highest BCUT2D eigenvalue weighted by Gasteiger charge is 2.31. The Morgan fingerprint density at radius 3 is 2.42 bits per heavy atom. The van der Waals surface area contributed by atoms with Gasteiger partial charge in [0.05, 0.1) is 5.56 Å². The van der Waals surface area contributed by atoms with Gasteiger partial charge in [-0.1, -0.05) is 15.9 Å². The van der Waals surface area contributed by atoms with Crippen LogP contribution in [0.3, 0.4) is 0 Å². The maximum Gasteiger partial charge on any atom is 0.416 e. The van der Waals surface area contributed by atoms with Crippen molar-refractivity contribution in [3.8, 4) is 0 Å². The van der Waals surface area contributed by atoms with Crippen molar-refractivity contribution in [2.45, 2.75) is 58.0 Å². The normalized spacial score (nSPS) is 17.2. The van der Waals surface area contributed by atoms with Crippen LogP contribution in [0, 0.1) is 0 Å². The van der Waals surface area contributed by atoms with Crippen molar-refractivity contribution >= 4 is 22.0 Å². The molecule has 0 radical (unpaired) electrons. The number of carbonyl (C=O) groups is 1. The second-order valence-corrected chi connectivity index (χ2v) is 8.35. The van der Waals surface area contributed by atoms with E-state index in [0.29, 0.717) is 29.7 Å². The van der Waals surface area contributed by atoms with Gasteiger partial charge in [-0.25, -0.2) is 4.79 Å². The molecule has 26 heavy (non-hydrogen) atoms. The molecular formula is C18H24BrF3N2O2. The third-order valence-corrected chi connectivity index (χ3v) is 4.85. The predicted molar refractivity (Wildman–Crippen MR) is 96.8 cm³/mol. The standard InChI is InChI=1S/C18H24BrF3N2O2/c1-17(2,3)26-16(25)23-14-6-8-24(9-7-14)11-12-10-13(18(20,21)22)4-5-15(12)19/h4-5,10,14H,6-9,11H2,1-3H3,(H,23,25). The number of halogens is 4. The molecule has 146 valence electrons. The minimum absolute atomic E-state index is 0.0195. The molecule has 8 heteroatoms. The number of ether oxygens (including phenoxy) is 1. The van der Waals surface area contributed by atoms with Gasteiger partial charge in [-0.15, -0.1) is 0 Å². The van der Waals surface area contributed by atoms with Crippen molar-refractivity contribution < 1.29 is 22.7 Å². The van der Waals surface area contributed by atoms with Gasteiger partial charge in [0, 0.05) is 30.1 Å². The molecule has 0 unspecified atom stereocenters. The maximum atomic E-state index is 12.9. The lowest BCUT2D eigenvalue weighted by molar-refractivity contribution is -0.137. The van der Waals surface area contributed by atoms with Crippen LogP contribution in [0.1, 0.15) is 44.7 Å². The van der Waals surface area contributed by atoms with Crippen molar-refractivity contribution in [3.05, 3.63) is 33.8 Å². The average molecular weight is 437 g/mol. The summed E-state index contributed by atoms with van der Waals surface area (Å²) in [6.07, 6.45) is -3.32. The number of piperidine rings is 1. The van der Waals surface area contributed by atoms with E-state index in [-0.39, 0.29) is 6.04 Å². The van der Waals surface area contributed by atoms with Crippen LogP contribution < -0.4 is 5.32 Å². The van der Waals surface area contributed by atoms with E-state index < -0.39 is 23.4 Å². The summed E-state index contributed by atoms with van der Waals surface area (Å²) in [5, 5.41) is 2.85. The second kappa shape index (κ2) is 8.17. The molecule has 0 atom stereocenters. The van der Waals surface area contributed by atoms with Gasteiger partial charge in [0.15, 0.2) is 0 Å². The van der Waals surface area contributed by atoms with E-state index in [1.165, 1.54) is 12.1 Å². The fourth-order valence-electron chi connectivity index (χ4n) is 2.82. The van der Waals surface area contributed by atoms with Crippen LogP contribution in [0.4, 0.5) is 18.0 Å². The number of alkyl halides is 3. The van der Waals surface area contributed by atoms with Crippen molar-refractivity contribution in [3.63, 3.8) is 0 Å². The zero-order chi connectivity index (χ0) is 19.5. The van der Waals surface area contributed by atoms with Gasteiger partial charge in [0.1, 0.15) is 5.60 Å². The summed E-state index contributed by atoms with van der Waals surface area (Å²) in [4.78, 5) is 13.9. The van der Waals surface area contributed by atoms with Crippen molar-refractivity contribution in [1.82, 2.24) is 10.2 Å². The highest BCUT2D eigenvalue weighted by atomic mass is 79.9. The maximum absolute atomic E-state index is 12.9. The van der Waals surface area contributed by atoms with Gasteiger partial charge in [0.2, 0.25) is 0 Å². The smallest absolute Gasteiger partial charge is 0.416 e. The first-order valence-electron chi connectivity index (χ1n) is 8.51. The Labute approximate surface area is 160 Å². The second-order valence-electron chi connectivity index (χ2n) is 7.50. The third kappa shape index (κ3) is 6.46. The molecule has 1 aliphatic rings. The average Bonchev–Trinajstić information content (AvgIpc) is 2.48. The molecule has 1 heterocycles. The molecule has 1 aromatic carbocycles. The lowest BCUT2D eigenvalue weighted by Gasteiger charge is -2.33. The van der Waals surface area contributed by atoms with E-state index in [2.05, 4.69) is 26.1 Å². The Bertz CT molecular complexity index is 636. The van der Waals surface area contributed by atoms with E-state index in [4.69, 9.17) is 4.74 Å². The Morgan fingerprint density at radius 1 is 1.27 bits per heavy atom. The first kappa shape index (κ1) is 21.0. The van der Waals surface area contributed by atoms with Gasteiger partial charge >= 0.3 is 12.3 Å². The van der Waals surface area contributed by atoms with E-state index in [1.807, 2.05) is 20.8 Å². The Balaban J connectivity index is 1.88. The zero-order valence-corrected chi connectivity index (χ0v) is 16.7. The quantitative estimate of drug-likeness (QED) is 0.727. The molecule has 1 amide bonds. The molecule has 4 nitrogen and oxygen atoms in total. The summed E-state index contributed by atoms with van der Waals surface area (Å²) in [5.74, 6) is 0. The molecule has 1 N–H and O–H groups in total. The largest absolute Gasteiger partial charge is 0.444 e. The van der Waals surface area contributed by atoms with Gasteiger partial charge < -0.3 is 10.1 Å². The Morgan fingerprint density at radius 2 is 1.88 bits per heavy atom. The molecule has 0 aromatic heterocycles. The van der Waals surface area contributed by atoms with Crippen LogP contribution in [0.2, 0.25) is 0 Å². The summed E-state index contributed by atoms with van der Waals surface area (Å²) in [5.41, 5.74) is -0.573. The van der Waals surface area contributed by atoms with Gasteiger partial charge in [-0.2, -0.15) is 13.2 Å². The monoisotopic (exact) mass is 436 g/mol. The van der Waals surface area contributed by atoms with Gasteiger partial charge in [-0.05, 0) is 57.4 Å². The van der Waals surface area contributed by atoms with Crippen LogP contribution in [-0.4, -0.2) is 35.7 Å². The molecule has 1 saturated heterocycles. The number of rotatable bonds is 3. The molecule has 1 aromatic rings.